The van der Waals surface area contributed by atoms with E-state index in [1.165, 1.54) is 7.11 Å². The van der Waals surface area contributed by atoms with Crippen molar-refractivity contribution in [1.29, 1.82) is 5.26 Å². The molecule has 5 heteroatoms. The molecule has 0 spiro atoms. The van der Waals surface area contributed by atoms with Crippen LogP contribution in [0.5, 0.6) is 0 Å². The number of rotatable bonds is 6. The highest BCUT2D eigenvalue weighted by atomic mass is 16.5. The van der Waals surface area contributed by atoms with Crippen LogP contribution in [0.3, 0.4) is 0 Å². The van der Waals surface area contributed by atoms with Gasteiger partial charge in [-0.1, -0.05) is 12.1 Å². The number of carbonyl (C=O) groups is 2. The number of hydrogen-bond donors (Lipinski definition) is 0. The molecule has 0 unspecified atom stereocenters. The van der Waals surface area contributed by atoms with Crippen LogP contribution < -0.4 is 0 Å². The number of esters is 2. The van der Waals surface area contributed by atoms with Crippen molar-refractivity contribution >= 4 is 11.9 Å². The minimum absolute atomic E-state index is 0.0358. The van der Waals surface area contributed by atoms with E-state index in [0.29, 0.717) is 24.2 Å². The second-order valence-corrected chi connectivity index (χ2v) is 4.11. The molecule has 0 aliphatic carbocycles. The van der Waals surface area contributed by atoms with Crippen molar-refractivity contribution < 1.29 is 19.1 Å². The smallest absolute Gasteiger partial charge is 0.310 e. The highest BCUT2D eigenvalue weighted by molar-refractivity contribution is 5.74. The third-order valence-corrected chi connectivity index (χ3v) is 2.85. The zero-order chi connectivity index (χ0) is 15.0. The molecule has 106 valence electrons. The van der Waals surface area contributed by atoms with Gasteiger partial charge in [0.15, 0.2) is 0 Å². The summed E-state index contributed by atoms with van der Waals surface area (Å²) >= 11 is 0. The zero-order valence-corrected chi connectivity index (χ0v) is 11.6. The topological polar surface area (TPSA) is 76.4 Å². The summed E-state index contributed by atoms with van der Waals surface area (Å²) in [5, 5.41) is 9.12. The molecule has 1 aromatic carbocycles. The van der Waals surface area contributed by atoms with Gasteiger partial charge in [-0.15, -0.1) is 0 Å². The first-order valence-corrected chi connectivity index (χ1v) is 6.35. The van der Waals surface area contributed by atoms with E-state index < -0.39 is 0 Å². The number of benzene rings is 1. The van der Waals surface area contributed by atoms with Gasteiger partial charge in [-0.2, -0.15) is 5.26 Å². The Morgan fingerprint density at radius 3 is 2.65 bits per heavy atom. The first-order valence-electron chi connectivity index (χ1n) is 6.35. The molecule has 0 bridgehead atoms. The Bertz CT molecular complexity index is 531. The molecule has 1 aromatic rings. The molecule has 0 aromatic heterocycles. The van der Waals surface area contributed by atoms with Crippen molar-refractivity contribution in [2.45, 2.75) is 26.2 Å². The minimum Gasteiger partial charge on any atom is -0.469 e. The lowest BCUT2D eigenvalue weighted by Crippen LogP contribution is -2.12. The van der Waals surface area contributed by atoms with Crippen molar-refractivity contribution in [3.8, 4) is 6.07 Å². The van der Waals surface area contributed by atoms with Gasteiger partial charge in [0.2, 0.25) is 0 Å². The van der Waals surface area contributed by atoms with Gasteiger partial charge in [-0.05, 0) is 30.5 Å². The average Bonchev–Trinajstić information content (AvgIpc) is 2.45. The summed E-state index contributed by atoms with van der Waals surface area (Å²) in [5.41, 5.74) is 1.85. The van der Waals surface area contributed by atoms with Crippen molar-refractivity contribution in [2.75, 3.05) is 13.7 Å². The van der Waals surface area contributed by atoms with Gasteiger partial charge in [-0.3, -0.25) is 9.59 Å². The Hall–Kier alpha value is -2.35. The molecule has 0 saturated heterocycles. The summed E-state index contributed by atoms with van der Waals surface area (Å²) in [6.07, 6.45) is 0.673. The van der Waals surface area contributed by atoms with Crippen LogP contribution in [0.2, 0.25) is 0 Å². The van der Waals surface area contributed by atoms with Crippen LogP contribution in [0, 0.1) is 11.3 Å². The lowest BCUT2D eigenvalue weighted by atomic mass is 9.96. The fraction of sp³-hybridized carbons (Fsp3) is 0.400. The number of ether oxygens (including phenoxy) is 2. The second kappa shape index (κ2) is 7.95. The van der Waals surface area contributed by atoms with E-state index in [9.17, 15) is 9.59 Å². The molecular formula is C15H17NO4. The van der Waals surface area contributed by atoms with Crippen LogP contribution in [-0.2, 0) is 31.9 Å². The maximum Gasteiger partial charge on any atom is 0.310 e. The lowest BCUT2D eigenvalue weighted by molar-refractivity contribution is -0.142. The molecule has 0 radical (unpaired) electrons. The largest absolute Gasteiger partial charge is 0.469 e. The van der Waals surface area contributed by atoms with E-state index in [-0.39, 0.29) is 24.8 Å². The number of nitrogens with zero attached hydrogens (tertiary/aromatic N) is 1. The highest BCUT2D eigenvalue weighted by Gasteiger charge is 2.14. The predicted molar refractivity (Wildman–Crippen MR) is 71.8 cm³/mol. The molecule has 1 rings (SSSR count). The van der Waals surface area contributed by atoms with Gasteiger partial charge >= 0.3 is 11.9 Å². The highest BCUT2D eigenvalue weighted by Crippen LogP contribution is 2.17. The Kier molecular flexibility index (Phi) is 6.24. The summed E-state index contributed by atoms with van der Waals surface area (Å²) in [7, 11) is 1.33. The van der Waals surface area contributed by atoms with Crippen LogP contribution >= 0.6 is 0 Å². The van der Waals surface area contributed by atoms with Crippen molar-refractivity contribution in [3.05, 3.63) is 34.9 Å². The molecule has 0 aliphatic rings. The SMILES string of the molecule is CCOC(=O)Cc1c(C#N)cccc1CCC(=O)OC. The summed E-state index contributed by atoms with van der Waals surface area (Å²) < 4.78 is 9.50. The van der Waals surface area contributed by atoms with E-state index in [1.54, 1.807) is 25.1 Å². The van der Waals surface area contributed by atoms with Crippen molar-refractivity contribution in [3.63, 3.8) is 0 Å². The van der Waals surface area contributed by atoms with Gasteiger partial charge in [0.05, 0.1) is 31.8 Å². The lowest BCUT2D eigenvalue weighted by Gasteiger charge is -2.10. The third kappa shape index (κ3) is 4.39. The molecule has 0 saturated carbocycles. The molecule has 0 amide bonds. The van der Waals surface area contributed by atoms with Gasteiger partial charge < -0.3 is 9.47 Å². The molecule has 0 heterocycles. The standard InChI is InChI=1S/C15H17NO4/c1-3-20-15(18)9-13-11(7-8-14(17)19-2)5-4-6-12(13)10-16/h4-6H,3,7-9H2,1-2H3. The minimum atomic E-state index is -0.380. The Morgan fingerprint density at radius 2 is 2.05 bits per heavy atom. The molecule has 20 heavy (non-hydrogen) atoms. The van der Waals surface area contributed by atoms with Gasteiger partial charge in [0.25, 0.3) is 0 Å². The average molecular weight is 275 g/mol. The van der Waals surface area contributed by atoms with Crippen molar-refractivity contribution in [1.82, 2.24) is 0 Å². The van der Waals surface area contributed by atoms with E-state index in [0.717, 1.165) is 5.56 Å². The van der Waals surface area contributed by atoms with Gasteiger partial charge in [0, 0.05) is 6.42 Å². The summed E-state index contributed by atoms with van der Waals surface area (Å²) in [5.74, 6) is -0.705. The van der Waals surface area contributed by atoms with Crippen LogP contribution in [0.4, 0.5) is 0 Å². The van der Waals surface area contributed by atoms with Crippen molar-refractivity contribution in [2.24, 2.45) is 0 Å². The van der Waals surface area contributed by atoms with Crippen LogP contribution in [0.1, 0.15) is 30.0 Å². The van der Waals surface area contributed by atoms with E-state index >= 15 is 0 Å². The first kappa shape index (κ1) is 15.7. The predicted octanol–water partition coefficient (Wildman–Crippen LogP) is 1.77. The Balaban J connectivity index is 2.95. The molecular weight excluding hydrogens is 258 g/mol. The monoisotopic (exact) mass is 275 g/mol. The Morgan fingerprint density at radius 1 is 1.30 bits per heavy atom. The number of methoxy groups -OCH3 is 1. The van der Waals surface area contributed by atoms with E-state index in [2.05, 4.69) is 10.8 Å². The van der Waals surface area contributed by atoms with Gasteiger partial charge in [0.1, 0.15) is 0 Å². The maximum atomic E-state index is 11.6. The molecule has 0 aliphatic heterocycles. The number of aryl methyl sites for hydroxylation is 1. The molecule has 5 nitrogen and oxygen atoms in total. The van der Waals surface area contributed by atoms with Gasteiger partial charge in [-0.25, -0.2) is 0 Å². The van der Waals surface area contributed by atoms with Crippen LogP contribution in [-0.4, -0.2) is 25.7 Å². The van der Waals surface area contributed by atoms with E-state index in [4.69, 9.17) is 10.00 Å². The summed E-state index contributed by atoms with van der Waals surface area (Å²) in [6.45, 7) is 2.03. The second-order valence-electron chi connectivity index (χ2n) is 4.11. The normalized spacial score (nSPS) is 9.65. The zero-order valence-electron chi connectivity index (χ0n) is 11.6. The summed E-state index contributed by atoms with van der Waals surface area (Å²) in [6, 6.07) is 7.25. The first-order chi connectivity index (χ1) is 9.62. The van der Waals surface area contributed by atoms with Crippen LogP contribution in [0.15, 0.2) is 18.2 Å². The maximum absolute atomic E-state index is 11.6. The number of nitriles is 1. The number of hydrogen-bond acceptors (Lipinski definition) is 5. The number of carbonyl (C=O) groups excluding carboxylic acids is 2. The summed E-state index contributed by atoms with van der Waals surface area (Å²) in [4.78, 5) is 22.8. The molecule has 0 fully saturated rings. The fourth-order valence-electron chi connectivity index (χ4n) is 1.88. The molecule has 0 N–H and O–H groups in total. The molecule has 0 atom stereocenters. The van der Waals surface area contributed by atoms with Crippen LogP contribution in [0.25, 0.3) is 0 Å². The quantitative estimate of drug-likeness (QED) is 0.739. The third-order valence-electron chi connectivity index (χ3n) is 2.85. The fourth-order valence-corrected chi connectivity index (χ4v) is 1.88. The van der Waals surface area contributed by atoms with E-state index in [1.807, 2.05) is 0 Å². The Labute approximate surface area is 118 Å².